The zero-order valence-electron chi connectivity index (χ0n) is 11.6. The summed E-state index contributed by atoms with van der Waals surface area (Å²) in [6.07, 6.45) is -4.43. The molecule has 118 valence electrons. The molecule has 1 amide bonds. The molecule has 0 heterocycles. The minimum atomic E-state index is -4.43. The molecule has 0 aliphatic carbocycles. The average molecular weight is 369 g/mol. The number of aryl methyl sites for hydroxylation is 1. The maximum atomic E-state index is 12.0. The summed E-state index contributed by atoms with van der Waals surface area (Å²) in [7, 11) is 1.76. The fourth-order valence-electron chi connectivity index (χ4n) is 1.72. The third-order valence-corrected chi connectivity index (χ3v) is 2.97. The van der Waals surface area contributed by atoms with Crippen molar-refractivity contribution in [3.63, 3.8) is 0 Å². The van der Waals surface area contributed by atoms with Gasteiger partial charge in [-0.3, -0.25) is 4.79 Å². The van der Waals surface area contributed by atoms with Gasteiger partial charge in [-0.05, 0) is 31.7 Å². The molecule has 0 fully saturated rings. The summed E-state index contributed by atoms with van der Waals surface area (Å²) in [6.45, 7) is 0.486. The van der Waals surface area contributed by atoms with Gasteiger partial charge in [-0.2, -0.15) is 13.2 Å². The van der Waals surface area contributed by atoms with Crippen LogP contribution in [0, 0.1) is 6.92 Å². The Morgan fingerprint density at radius 3 is 2.62 bits per heavy atom. The number of benzene rings is 1. The highest BCUT2D eigenvalue weighted by molar-refractivity contribution is 9.10. The normalized spacial score (nSPS) is 11.3. The van der Waals surface area contributed by atoms with E-state index in [0.29, 0.717) is 12.3 Å². The Labute approximate surface area is 129 Å². The molecule has 1 rings (SSSR count). The quantitative estimate of drug-likeness (QED) is 0.811. The second-order valence-corrected chi connectivity index (χ2v) is 5.34. The summed E-state index contributed by atoms with van der Waals surface area (Å²) in [6, 6.07) is 3.63. The number of carbonyl (C=O) groups excluding carboxylic acids is 1. The Morgan fingerprint density at radius 1 is 1.38 bits per heavy atom. The summed E-state index contributed by atoms with van der Waals surface area (Å²) in [4.78, 5) is 11.3. The first-order valence-corrected chi connectivity index (χ1v) is 6.92. The molecule has 2 N–H and O–H groups in total. The van der Waals surface area contributed by atoms with Gasteiger partial charge in [-0.15, -0.1) is 0 Å². The molecule has 21 heavy (non-hydrogen) atoms. The van der Waals surface area contributed by atoms with E-state index in [0.717, 1.165) is 15.6 Å². The number of alkyl halides is 3. The SMILES string of the molecule is CNCc1cc(Br)cc(C)c1OCC(=O)NCC(F)(F)F. The molecule has 8 heteroatoms. The number of hydrogen-bond donors (Lipinski definition) is 2. The third kappa shape index (κ3) is 6.34. The first-order chi connectivity index (χ1) is 9.73. The Morgan fingerprint density at radius 2 is 2.05 bits per heavy atom. The van der Waals surface area contributed by atoms with Crippen LogP contribution in [0.1, 0.15) is 11.1 Å². The van der Waals surface area contributed by atoms with Crippen molar-refractivity contribution in [2.45, 2.75) is 19.6 Å². The zero-order valence-corrected chi connectivity index (χ0v) is 13.2. The minimum Gasteiger partial charge on any atom is -0.483 e. The molecule has 1 aromatic carbocycles. The fourth-order valence-corrected chi connectivity index (χ4v) is 2.33. The number of carbonyl (C=O) groups is 1. The van der Waals surface area contributed by atoms with E-state index in [1.54, 1.807) is 19.3 Å². The van der Waals surface area contributed by atoms with E-state index in [-0.39, 0.29) is 0 Å². The molecular formula is C13H16BrF3N2O2. The van der Waals surface area contributed by atoms with Crippen molar-refractivity contribution in [1.29, 1.82) is 0 Å². The molecule has 0 unspecified atom stereocenters. The molecule has 0 atom stereocenters. The largest absolute Gasteiger partial charge is 0.483 e. The summed E-state index contributed by atoms with van der Waals surface area (Å²) >= 11 is 3.36. The van der Waals surface area contributed by atoms with E-state index in [2.05, 4.69) is 21.2 Å². The van der Waals surface area contributed by atoms with Crippen LogP contribution in [0.3, 0.4) is 0 Å². The van der Waals surface area contributed by atoms with E-state index in [1.807, 2.05) is 12.1 Å². The van der Waals surface area contributed by atoms with Crippen LogP contribution in [0.25, 0.3) is 0 Å². The van der Waals surface area contributed by atoms with Gasteiger partial charge in [0.15, 0.2) is 6.61 Å². The molecule has 0 aliphatic rings. The first kappa shape index (κ1) is 17.8. The van der Waals surface area contributed by atoms with E-state index < -0.39 is 25.2 Å². The topological polar surface area (TPSA) is 50.4 Å². The molecule has 0 spiro atoms. The minimum absolute atomic E-state index is 0.463. The molecule has 0 aromatic heterocycles. The van der Waals surface area contributed by atoms with Crippen LogP contribution in [0.15, 0.2) is 16.6 Å². The molecule has 0 radical (unpaired) electrons. The van der Waals surface area contributed by atoms with Gasteiger partial charge in [0.05, 0.1) is 0 Å². The zero-order chi connectivity index (χ0) is 16.0. The van der Waals surface area contributed by atoms with Gasteiger partial charge < -0.3 is 15.4 Å². The van der Waals surface area contributed by atoms with Crippen LogP contribution < -0.4 is 15.4 Å². The van der Waals surface area contributed by atoms with Gasteiger partial charge in [0.25, 0.3) is 5.91 Å². The van der Waals surface area contributed by atoms with Crippen molar-refractivity contribution in [3.05, 3.63) is 27.7 Å². The maximum Gasteiger partial charge on any atom is 0.405 e. The molecule has 0 saturated carbocycles. The molecule has 1 aromatic rings. The van der Waals surface area contributed by atoms with Crippen LogP contribution in [-0.2, 0) is 11.3 Å². The van der Waals surface area contributed by atoms with Crippen LogP contribution in [0.4, 0.5) is 13.2 Å². The van der Waals surface area contributed by atoms with E-state index in [1.165, 1.54) is 0 Å². The van der Waals surface area contributed by atoms with E-state index >= 15 is 0 Å². The van der Waals surface area contributed by atoms with Crippen molar-refractivity contribution in [2.24, 2.45) is 0 Å². The van der Waals surface area contributed by atoms with E-state index in [9.17, 15) is 18.0 Å². The molecule has 0 saturated heterocycles. The van der Waals surface area contributed by atoms with Crippen molar-refractivity contribution >= 4 is 21.8 Å². The first-order valence-electron chi connectivity index (χ1n) is 6.13. The second kappa shape index (κ2) is 7.65. The highest BCUT2D eigenvalue weighted by atomic mass is 79.9. The summed E-state index contributed by atoms with van der Waals surface area (Å²) in [5.74, 6) is -0.320. The van der Waals surface area contributed by atoms with Crippen LogP contribution >= 0.6 is 15.9 Å². The lowest BCUT2D eigenvalue weighted by molar-refractivity contribution is -0.139. The lowest BCUT2D eigenvalue weighted by atomic mass is 10.1. The Bertz CT molecular complexity index is 507. The maximum absolute atomic E-state index is 12.0. The van der Waals surface area contributed by atoms with Gasteiger partial charge in [0, 0.05) is 16.6 Å². The third-order valence-electron chi connectivity index (χ3n) is 2.52. The second-order valence-electron chi connectivity index (χ2n) is 4.42. The summed E-state index contributed by atoms with van der Waals surface area (Å²) in [5, 5.41) is 4.72. The summed E-state index contributed by atoms with van der Waals surface area (Å²) < 4.78 is 42.2. The number of rotatable bonds is 6. The van der Waals surface area contributed by atoms with Gasteiger partial charge in [-0.25, -0.2) is 0 Å². The number of hydrogen-bond acceptors (Lipinski definition) is 3. The van der Waals surface area contributed by atoms with Crippen LogP contribution in [0.2, 0.25) is 0 Å². The monoisotopic (exact) mass is 368 g/mol. The van der Waals surface area contributed by atoms with Crippen LogP contribution in [-0.4, -0.2) is 32.3 Å². The predicted molar refractivity (Wildman–Crippen MR) is 76.2 cm³/mol. The van der Waals surface area contributed by atoms with Crippen LogP contribution in [0.5, 0.6) is 5.75 Å². The van der Waals surface area contributed by atoms with Gasteiger partial charge in [0.1, 0.15) is 12.3 Å². The smallest absolute Gasteiger partial charge is 0.405 e. The van der Waals surface area contributed by atoms with Gasteiger partial charge in [0.2, 0.25) is 0 Å². The highest BCUT2D eigenvalue weighted by Crippen LogP contribution is 2.28. The number of nitrogens with one attached hydrogen (secondary N) is 2. The number of halogens is 4. The van der Waals surface area contributed by atoms with Crippen molar-refractivity contribution in [1.82, 2.24) is 10.6 Å². The van der Waals surface area contributed by atoms with Gasteiger partial charge in [-0.1, -0.05) is 15.9 Å². The van der Waals surface area contributed by atoms with Gasteiger partial charge >= 0.3 is 6.18 Å². The molecular weight excluding hydrogens is 353 g/mol. The fraction of sp³-hybridized carbons (Fsp3) is 0.462. The number of amides is 1. The van der Waals surface area contributed by atoms with Crippen molar-refractivity contribution in [3.8, 4) is 5.75 Å². The molecule has 0 bridgehead atoms. The lowest BCUT2D eigenvalue weighted by Gasteiger charge is -2.15. The number of ether oxygens (including phenoxy) is 1. The Hall–Kier alpha value is -1.28. The Balaban J connectivity index is 2.68. The predicted octanol–water partition coefficient (Wildman–Crippen LogP) is 2.53. The highest BCUT2D eigenvalue weighted by Gasteiger charge is 2.27. The molecule has 0 aliphatic heterocycles. The lowest BCUT2D eigenvalue weighted by Crippen LogP contribution is -2.36. The average Bonchev–Trinajstić information content (AvgIpc) is 2.34. The Kier molecular flexibility index (Phi) is 6.47. The van der Waals surface area contributed by atoms with Crippen molar-refractivity contribution < 1.29 is 22.7 Å². The standard InChI is InChI=1S/C13H16BrF3N2O2/c1-8-3-10(14)4-9(5-18-2)12(8)21-6-11(20)19-7-13(15,16)17/h3-4,18H,5-7H2,1-2H3,(H,19,20). The molecule has 4 nitrogen and oxygen atoms in total. The van der Waals surface area contributed by atoms with Crippen molar-refractivity contribution in [2.75, 3.05) is 20.2 Å². The summed E-state index contributed by atoms with van der Waals surface area (Å²) in [5.41, 5.74) is 1.60. The van der Waals surface area contributed by atoms with E-state index in [4.69, 9.17) is 4.74 Å².